The van der Waals surface area contributed by atoms with E-state index >= 15 is 0 Å². The maximum Gasteiger partial charge on any atom is 0.380 e. The van der Waals surface area contributed by atoms with Gasteiger partial charge in [0, 0.05) is 0 Å². The van der Waals surface area contributed by atoms with Gasteiger partial charge in [0.05, 0.1) is 13.2 Å². The second-order valence-electron chi connectivity index (χ2n) is 3.32. The average Bonchev–Trinajstić information content (AvgIpc) is 2.42. The first-order chi connectivity index (χ1) is 8.69. The molecular weight excluding hydrogens is 240 g/mol. The quantitative estimate of drug-likeness (QED) is 0.672. The van der Waals surface area contributed by atoms with Crippen LogP contribution in [0.25, 0.3) is 0 Å². The van der Waals surface area contributed by atoms with Gasteiger partial charge in [-0.25, -0.2) is 9.59 Å². The highest BCUT2D eigenvalue weighted by atomic mass is 16.5. The molecule has 1 aromatic rings. The monoisotopic (exact) mass is 254 g/mol. The first-order valence-corrected chi connectivity index (χ1v) is 5.60. The normalized spacial score (nSPS) is 9.89. The molecule has 0 fully saturated rings. The van der Waals surface area contributed by atoms with Crippen LogP contribution in [0.2, 0.25) is 0 Å². The number of aromatic nitrogens is 4. The molecule has 0 aromatic carbocycles. The molecule has 0 bridgehead atoms. The maximum atomic E-state index is 11.3. The second-order valence-corrected chi connectivity index (χ2v) is 3.32. The highest BCUT2D eigenvalue weighted by Crippen LogP contribution is 1.95. The van der Waals surface area contributed by atoms with E-state index in [0.29, 0.717) is 12.8 Å². The predicted molar refractivity (Wildman–Crippen MR) is 58.8 cm³/mol. The molecule has 8 heteroatoms. The van der Waals surface area contributed by atoms with Crippen molar-refractivity contribution in [2.75, 3.05) is 13.2 Å². The number of hydrogen-bond acceptors (Lipinski definition) is 8. The lowest BCUT2D eigenvalue weighted by Gasteiger charge is -2.01. The topological polar surface area (TPSA) is 104 Å². The van der Waals surface area contributed by atoms with Crippen LogP contribution in [-0.2, 0) is 9.47 Å². The lowest BCUT2D eigenvalue weighted by Crippen LogP contribution is -2.18. The number of ether oxygens (including phenoxy) is 2. The highest BCUT2D eigenvalue weighted by Gasteiger charge is 2.16. The van der Waals surface area contributed by atoms with Crippen molar-refractivity contribution >= 4 is 11.9 Å². The van der Waals surface area contributed by atoms with Gasteiger partial charge in [-0.05, 0) is 12.8 Å². The fourth-order valence-corrected chi connectivity index (χ4v) is 0.911. The SMILES string of the molecule is CCCOC(=O)c1nnc(C(=O)OCCC)nn1. The van der Waals surface area contributed by atoms with Crippen LogP contribution in [0.1, 0.15) is 47.9 Å². The van der Waals surface area contributed by atoms with Crippen molar-refractivity contribution in [3.63, 3.8) is 0 Å². The standard InChI is InChI=1S/C10H14N4O4/c1-3-5-17-9(15)7-11-13-8(14-12-7)10(16)18-6-4-2/h3-6H2,1-2H3. The van der Waals surface area contributed by atoms with Gasteiger partial charge < -0.3 is 9.47 Å². The zero-order valence-electron chi connectivity index (χ0n) is 10.3. The molecule has 1 heterocycles. The molecule has 0 saturated heterocycles. The largest absolute Gasteiger partial charge is 0.460 e. The van der Waals surface area contributed by atoms with E-state index in [9.17, 15) is 9.59 Å². The van der Waals surface area contributed by atoms with Gasteiger partial charge in [-0.1, -0.05) is 13.8 Å². The van der Waals surface area contributed by atoms with Crippen LogP contribution >= 0.6 is 0 Å². The molecule has 8 nitrogen and oxygen atoms in total. The van der Waals surface area contributed by atoms with Crippen LogP contribution < -0.4 is 0 Å². The molecule has 0 aliphatic heterocycles. The fraction of sp³-hybridized carbons (Fsp3) is 0.600. The second kappa shape index (κ2) is 7.25. The van der Waals surface area contributed by atoms with Gasteiger partial charge in [0.15, 0.2) is 0 Å². The smallest absolute Gasteiger partial charge is 0.380 e. The Hall–Kier alpha value is -2.12. The molecule has 0 atom stereocenters. The minimum absolute atomic E-state index is 0.266. The summed E-state index contributed by atoms with van der Waals surface area (Å²) in [5, 5.41) is 13.8. The Morgan fingerprint density at radius 1 is 0.833 bits per heavy atom. The summed E-state index contributed by atoms with van der Waals surface area (Å²) in [4.78, 5) is 22.6. The third-order valence-electron chi connectivity index (χ3n) is 1.72. The van der Waals surface area contributed by atoms with Gasteiger partial charge in [-0.2, -0.15) is 0 Å². The van der Waals surface area contributed by atoms with Crippen molar-refractivity contribution in [1.29, 1.82) is 0 Å². The maximum absolute atomic E-state index is 11.3. The number of esters is 2. The molecule has 0 aliphatic rings. The summed E-state index contributed by atoms with van der Waals surface area (Å²) in [7, 11) is 0. The number of carbonyl (C=O) groups excluding carboxylic acids is 2. The lowest BCUT2D eigenvalue weighted by atomic mass is 10.5. The highest BCUT2D eigenvalue weighted by molar-refractivity contribution is 5.86. The molecular formula is C10H14N4O4. The first kappa shape index (κ1) is 13.9. The zero-order valence-corrected chi connectivity index (χ0v) is 10.3. The molecule has 0 amide bonds. The average molecular weight is 254 g/mol. The summed E-state index contributed by atoms with van der Waals surface area (Å²) in [5.41, 5.74) is 0. The third-order valence-corrected chi connectivity index (χ3v) is 1.72. The Bertz CT molecular complexity index is 368. The van der Waals surface area contributed by atoms with E-state index < -0.39 is 11.9 Å². The Morgan fingerprint density at radius 3 is 1.44 bits per heavy atom. The van der Waals surface area contributed by atoms with Crippen LogP contribution in [0, 0.1) is 0 Å². The Kier molecular flexibility index (Phi) is 5.62. The number of carbonyl (C=O) groups is 2. The van der Waals surface area contributed by atoms with E-state index in [1.807, 2.05) is 13.8 Å². The number of nitrogens with zero attached hydrogens (tertiary/aromatic N) is 4. The summed E-state index contributed by atoms with van der Waals surface area (Å²) < 4.78 is 9.56. The van der Waals surface area contributed by atoms with E-state index in [1.165, 1.54) is 0 Å². The fourth-order valence-electron chi connectivity index (χ4n) is 0.911. The van der Waals surface area contributed by atoms with Gasteiger partial charge in [-0.15, -0.1) is 20.4 Å². The van der Waals surface area contributed by atoms with Crippen LogP contribution in [0.15, 0.2) is 0 Å². The molecule has 1 aromatic heterocycles. The Labute approximate surface area is 104 Å². The van der Waals surface area contributed by atoms with E-state index in [1.54, 1.807) is 0 Å². The molecule has 0 N–H and O–H groups in total. The zero-order chi connectivity index (χ0) is 13.4. The van der Waals surface area contributed by atoms with Crippen LogP contribution in [0.4, 0.5) is 0 Å². The molecule has 18 heavy (non-hydrogen) atoms. The van der Waals surface area contributed by atoms with Gasteiger partial charge >= 0.3 is 11.9 Å². The van der Waals surface area contributed by atoms with E-state index in [2.05, 4.69) is 20.4 Å². The summed E-state index contributed by atoms with van der Waals surface area (Å²) >= 11 is 0. The minimum atomic E-state index is -0.717. The van der Waals surface area contributed by atoms with Gasteiger partial charge in [-0.3, -0.25) is 0 Å². The number of hydrogen-bond donors (Lipinski definition) is 0. The van der Waals surface area contributed by atoms with Crippen molar-refractivity contribution in [3.8, 4) is 0 Å². The molecule has 0 aliphatic carbocycles. The Morgan fingerprint density at radius 2 is 1.17 bits per heavy atom. The molecule has 1 rings (SSSR count). The summed E-state index contributed by atoms with van der Waals surface area (Å²) in [6.45, 7) is 4.25. The van der Waals surface area contributed by atoms with E-state index in [0.717, 1.165) is 0 Å². The van der Waals surface area contributed by atoms with Crippen molar-refractivity contribution in [2.24, 2.45) is 0 Å². The van der Waals surface area contributed by atoms with E-state index in [-0.39, 0.29) is 24.9 Å². The van der Waals surface area contributed by atoms with Crippen LogP contribution in [0.3, 0.4) is 0 Å². The van der Waals surface area contributed by atoms with Crippen molar-refractivity contribution in [1.82, 2.24) is 20.4 Å². The summed E-state index contributed by atoms with van der Waals surface area (Å²) in [6.07, 6.45) is 1.38. The summed E-state index contributed by atoms with van der Waals surface area (Å²) in [5.74, 6) is -2.00. The molecule has 0 unspecified atom stereocenters. The Balaban J connectivity index is 2.62. The molecule has 0 saturated carbocycles. The van der Waals surface area contributed by atoms with E-state index in [4.69, 9.17) is 9.47 Å². The molecule has 0 spiro atoms. The van der Waals surface area contributed by atoms with Crippen LogP contribution in [-0.4, -0.2) is 45.5 Å². The summed E-state index contributed by atoms with van der Waals surface area (Å²) in [6, 6.07) is 0. The third kappa shape index (κ3) is 4.04. The van der Waals surface area contributed by atoms with Crippen molar-refractivity contribution in [3.05, 3.63) is 11.6 Å². The van der Waals surface area contributed by atoms with Crippen LogP contribution in [0.5, 0.6) is 0 Å². The first-order valence-electron chi connectivity index (χ1n) is 5.60. The van der Waals surface area contributed by atoms with Gasteiger partial charge in [0.25, 0.3) is 11.6 Å². The number of rotatable bonds is 6. The molecule has 0 radical (unpaired) electrons. The lowest BCUT2D eigenvalue weighted by molar-refractivity contribution is 0.0461. The predicted octanol–water partition coefficient (Wildman–Crippen LogP) is 0.400. The van der Waals surface area contributed by atoms with Crippen molar-refractivity contribution in [2.45, 2.75) is 26.7 Å². The van der Waals surface area contributed by atoms with Gasteiger partial charge in [0.2, 0.25) is 0 Å². The molecule has 98 valence electrons. The minimum Gasteiger partial charge on any atom is -0.460 e. The van der Waals surface area contributed by atoms with Gasteiger partial charge in [0.1, 0.15) is 0 Å². The van der Waals surface area contributed by atoms with Crippen molar-refractivity contribution < 1.29 is 19.1 Å².